The van der Waals surface area contributed by atoms with Crippen molar-refractivity contribution in [2.24, 2.45) is 11.5 Å². The predicted molar refractivity (Wildman–Crippen MR) is 77.8 cm³/mol. The highest BCUT2D eigenvalue weighted by molar-refractivity contribution is 7.99. The summed E-state index contributed by atoms with van der Waals surface area (Å²) >= 11 is 7.65. The summed E-state index contributed by atoms with van der Waals surface area (Å²) in [7, 11) is 0. The summed E-state index contributed by atoms with van der Waals surface area (Å²) in [5, 5.41) is 0.753. The van der Waals surface area contributed by atoms with Crippen LogP contribution in [-0.4, -0.2) is 17.2 Å². The number of hydrogen-bond acceptors (Lipinski definition) is 3. The van der Waals surface area contributed by atoms with Crippen LogP contribution in [-0.2, 0) is 4.79 Å². The van der Waals surface area contributed by atoms with Crippen molar-refractivity contribution in [3.05, 3.63) is 29.3 Å². The summed E-state index contributed by atoms with van der Waals surface area (Å²) in [5.74, 6) is 0.542. The highest BCUT2D eigenvalue weighted by atomic mass is 35.5. The molecule has 0 radical (unpaired) electrons. The van der Waals surface area contributed by atoms with E-state index in [4.69, 9.17) is 23.1 Å². The van der Waals surface area contributed by atoms with Gasteiger partial charge >= 0.3 is 0 Å². The topological polar surface area (TPSA) is 69.1 Å². The Morgan fingerprint density at radius 2 is 2.17 bits per heavy atom. The van der Waals surface area contributed by atoms with Gasteiger partial charge in [-0.2, -0.15) is 0 Å². The van der Waals surface area contributed by atoms with Gasteiger partial charge in [-0.3, -0.25) is 4.79 Å². The molecule has 100 valence electrons. The van der Waals surface area contributed by atoms with E-state index in [9.17, 15) is 4.79 Å². The van der Waals surface area contributed by atoms with Gasteiger partial charge in [-0.05, 0) is 43.7 Å². The Labute approximate surface area is 117 Å². The van der Waals surface area contributed by atoms with Crippen LogP contribution in [0.3, 0.4) is 0 Å². The molecule has 18 heavy (non-hydrogen) atoms. The number of carbonyl (C=O) groups excluding carboxylic acids is 1. The third-order valence-electron chi connectivity index (χ3n) is 2.72. The molecule has 0 aliphatic rings. The SMILES string of the molecule is CC(N)(CCCCSc1cccc(Cl)c1)C(N)=O. The number of halogens is 1. The number of thioether (sulfide) groups is 1. The largest absolute Gasteiger partial charge is 0.368 e. The maximum Gasteiger partial charge on any atom is 0.237 e. The second-order valence-corrected chi connectivity index (χ2v) is 6.15. The third kappa shape index (κ3) is 5.29. The van der Waals surface area contributed by atoms with Crippen LogP contribution in [0, 0.1) is 0 Å². The minimum atomic E-state index is -0.888. The zero-order valence-corrected chi connectivity index (χ0v) is 12.1. The summed E-state index contributed by atoms with van der Waals surface area (Å²) in [4.78, 5) is 12.2. The maximum absolute atomic E-state index is 11.0. The van der Waals surface area contributed by atoms with Crippen LogP contribution in [0.15, 0.2) is 29.2 Å². The molecule has 1 rings (SSSR count). The average Bonchev–Trinajstić information content (AvgIpc) is 2.28. The normalized spacial score (nSPS) is 14.2. The molecule has 0 heterocycles. The number of primary amides is 1. The van der Waals surface area contributed by atoms with Crippen LogP contribution in [0.2, 0.25) is 5.02 Å². The van der Waals surface area contributed by atoms with Crippen LogP contribution in [0.25, 0.3) is 0 Å². The number of benzene rings is 1. The molecule has 0 aromatic heterocycles. The van der Waals surface area contributed by atoms with Gasteiger partial charge in [0.05, 0.1) is 5.54 Å². The Morgan fingerprint density at radius 3 is 2.78 bits per heavy atom. The summed E-state index contributed by atoms with van der Waals surface area (Å²) in [6, 6.07) is 7.78. The first-order valence-corrected chi connectivity index (χ1v) is 7.25. The van der Waals surface area contributed by atoms with E-state index in [1.807, 2.05) is 24.3 Å². The molecule has 1 unspecified atom stereocenters. The zero-order valence-electron chi connectivity index (χ0n) is 10.5. The highest BCUT2D eigenvalue weighted by Crippen LogP contribution is 2.23. The van der Waals surface area contributed by atoms with Crippen LogP contribution in [0.4, 0.5) is 0 Å². The number of nitrogens with two attached hydrogens (primary N) is 2. The van der Waals surface area contributed by atoms with Gasteiger partial charge in [0, 0.05) is 9.92 Å². The average molecular weight is 287 g/mol. The molecule has 1 amide bonds. The zero-order chi connectivity index (χ0) is 13.6. The predicted octanol–water partition coefficient (Wildman–Crippen LogP) is 2.81. The number of rotatable bonds is 7. The molecule has 1 aromatic carbocycles. The van der Waals surface area contributed by atoms with Crippen molar-refractivity contribution in [2.45, 2.75) is 36.6 Å². The number of unbranched alkanes of at least 4 members (excludes halogenated alkanes) is 1. The van der Waals surface area contributed by atoms with E-state index in [1.54, 1.807) is 18.7 Å². The molecular formula is C13H19ClN2OS. The molecule has 5 heteroatoms. The van der Waals surface area contributed by atoms with Crippen molar-refractivity contribution in [2.75, 3.05) is 5.75 Å². The summed E-state index contributed by atoms with van der Waals surface area (Å²) in [5.41, 5.74) is 10.1. The first kappa shape index (κ1) is 15.3. The lowest BCUT2D eigenvalue weighted by Crippen LogP contribution is -2.49. The molecule has 0 aliphatic carbocycles. The van der Waals surface area contributed by atoms with Gasteiger partial charge in [-0.25, -0.2) is 0 Å². The van der Waals surface area contributed by atoms with E-state index in [-0.39, 0.29) is 0 Å². The van der Waals surface area contributed by atoms with E-state index >= 15 is 0 Å². The lowest BCUT2D eigenvalue weighted by molar-refractivity contribution is -0.122. The van der Waals surface area contributed by atoms with E-state index in [0.29, 0.717) is 6.42 Å². The van der Waals surface area contributed by atoms with Gasteiger partial charge in [0.15, 0.2) is 0 Å². The summed E-state index contributed by atoms with van der Waals surface area (Å²) in [6.45, 7) is 1.68. The van der Waals surface area contributed by atoms with Crippen molar-refractivity contribution in [1.82, 2.24) is 0 Å². The Kier molecular flexibility index (Phi) is 5.99. The third-order valence-corrected chi connectivity index (χ3v) is 4.03. The van der Waals surface area contributed by atoms with Crippen LogP contribution >= 0.6 is 23.4 Å². The minimum Gasteiger partial charge on any atom is -0.368 e. The smallest absolute Gasteiger partial charge is 0.237 e. The van der Waals surface area contributed by atoms with Crippen LogP contribution in [0.1, 0.15) is 26.2 Å². The molecule has 0 saturated carbocycles. The lowest BCUT2D eigenvalue weighted by Gasteiger charge is -2.19. The molecule has 0 bridgehead atoms. The van der Waals surface area contributed by atoms with Crippen molar-refractivity contribution < 1.29 is 4.79 Å². The molecule has 0 saturated heterocycles. The van der Waals surface area contributed by atoms with Gasteiger partial charge in [0.25, 0.3) is 0 Å². The Morgan fingerprint density at radius 1 is 1.44 bits per heavy atom. The monoisotopic (exact) mass is 286 g/mol. The van der Waals surface area contributed by atoms with Gasteiger partial charge in [0.2, 0.25) is 5.91 Å². The van der Waals surface area contributed by atoms with E-state index in [0.717, 1.165) is 28.5 Å². The fourth-order valence-corrected chi connectivity index (χ4v) is 2.69. The van der Waals surface area contributed by atoms with Crippen LogP contribution in [0.5, 0.6) is 0 Å². The lowest BCUT2D eigenvalue weighted by atomic mass is 9.96. The molecule has 0 aliphatic heterocycles. The quantitative estimate of drug-likeness (QED) is 0.598. The Bertz CT molecular complexity index is 410. The molecule has 3 nitrogen and oxygen atoms in total. The molecule has 4 N–H and O–H groups in total. The summed E-state index contributed by atoms with van der Waals surface area (Å²) < 4.78 is 0. The Balaban J connectivity index is 2.22. The van der Waals surface area contributed by atoms with E-state index in [2.05, 4.69) is 0 Å². The molecule has 0 fully saturated rings. The molecule has 1 atom stereocenters. The maximum atomic E-state index is 11.0. The fourth-order valence-electron chi connectivity index (χ4n) is 1.46. The van der Waals surface area contributed by atoms with Gasteiger partial charge in [0.1, 0.15) is 0 Å². The second-order valence-electron chi connectivity index (χ2n) is 4.54. The number of hydrogen-bond donors (Lipinski definition) is 2. The second kappa shape index (κ2) is 7.02. The minimum absolute atomic E-state index is 0.440. The van der Waals surface area contributed by atoms with Gasteiger partial charge < -0.3 is 11.5 Å². The first-order valence-electron chi connectivity index (χ1n) is 5.89. The van der Waals surface area contributed by atoms with Crippen molar-refractivity contribution in [3.8, 4) is 0 Å². The number of amides is 1. The Hall–Kier alpha value is -0.710. The fraction of sp³-hybridized carbons (Fsp3) is 0.462. The number of carbonyl (C=O) groups is 1. The highest BCUT2D eigenvalue weighted by Gasteiger charge is 2.24. The van der Waals surface area contributed by atoms with E-state index in [1.165, 1.54) is 0 Å². The molecular weight excluding hydrogens is 268 g/mol. The van der Waals surface area contributed by atoms with Gasteiger partial charge in [-0.1, -0.05) is 24.1 Å². The molecule has 1 aromatic rings. The van der Waals surface area contributed by atoms with Crippen molar-refractivity contribution in [1.29, 1.82) is 0 Å². The summed E-state index contributed by atoms with van der Waals surface area (Å²) in [6.07, 6.45) is 2.51. The van der Waals surface area contributed by atoms with E-state index < -0.39 is 11.4 Å². The van der Waals surface area contributed by atoms with Crippen molar-refractivity contribution >= 4 is 29.3 Å². The van der Waals surface area contributed by atoms with Crippen molar-refractivity contribution in [3.63, 3.8) is 0 Å². The first-order chi connectivity index (χ1) is 8.42. The van der Waals surface area contributed by atoms with Crippen LogP contribution < -0.4 is 11.5 Å². The standard InChI is InChI=1S/C13H19ClN2OS/c1-13(16,12(15)17)7-2-3-8-18-11-6-4-5-10(14)9-11/h4-6,9H,2-3,7-8,16H2,1H3,(H2,15,17). The molecule has 0 spiro atoms. The van der Waals surface area contributed by atoms with Gasteiger partial charge in [-0.15, -0.1) is 11.8 Å².